The molecule has 0 bridgehead atoms. The van der Waals surface area contributed by atoms with Crippen LogP contribution in [-0.4, -0.2) is 4.57 Å². The van der Waals surface area contributed by atoms with Crippen LogP contribution in [0.3, 0.4) is 0 Å². The minimum absolute atomic E-state index is 0.605. The van der Waals surface area contributed by atoms with E-state index < -0.39 is 0 Å². The van der Waals surface area contributed by atoms with E-state index in [1.165, 1.54) is 34.0 Å². The van der Waals surface area contributed by atoms with E-state index in [1.807, 2.05) is 0 Å². The third-order valence-corrected chi connectivity index (χ3v) is 4.72. The number of hydrogen-bond acceptors (Lipinski definition) is 0. The highest BCUT2D eigenvalue weighted by molar-refractivity contribution is 5.81. The Labute approximate surface area is 125 Å². The number of aromatic nitrogens is 1. The lowest BCUT2D eigenvalue weighted by molar-refractivity contribution is 0.967. The first kappa shape index (κ1) is 12.5. The van der Waals surface area contributed by atoms with E-state index >= 15 is 0 Å². The van der Waals surface area contributed by atoms with Crippen LogP contribution in [0.15, 0.2) is 67.4 Å². The third-order valence-electron chi connectivity index (χ3n) is 4.72. The minimum atomic E-state index is 0.605. The lowest BCUT2D eigenvalue weighted by atomic mass is 9.99. The number of benzene rings is 2. The Morgan fingerprint density at radius 2 is 1.90 bits per heavy atom. The Balaban J connectivity index is 1.59. The van der Waals surface area contributed by atoms with E-state index in [-0.39, 0.29) is 0 Å². The normalized spacial score (nSPS) is 20.6. The van der Waals surface area contributed by atoms with Crippen molar-refractivity contribution in [2.24, 2.45) is 13.0 Å². The van der Waals surface area contributed by atoms with Crippen LogP contribution in [0.5, 0.6) is 0 Å². The lowest BCUT2D eigenvalue weighted by Gasteiger charge is -2.06. The Morgan fingerprint density at radius 1 is 1.10 bits per heavy atom. The van der Waals surface area contributed by atoms with Gasteiger partial charge in [-0.15, -0.1) is 0 Å². The smallest absolute Gasteiger partial charge is 0.0477 e. The zero-order valence-electron chi connectivity index (χ0n) is 12.3. The summed E-state index contributed by atoms with van der Waals surface area (Å²) in [4.78, 5) is 0. The standard InChI is InChI=1S/C20H19N/c1-14(15-6-4-3-5-7-15)18-13-19(18)16-8-9-20-17(12-16)10-11-21(20)2/h3-12,18-19H,1,13H2,2H3/t18-,19-/m1/s1. The van der Waals surface area contributed by atoms with E-state index in [2.05, 4.69) is 79.0 Å². The highest BCUT2D eigenvalue weighted by atomic mass is 14.9. The number of allylic oxidation sites excluding steroid dienone is 1. The molecule has 1 fully saturated rings. The van der Waals surface area contributed by atoms with Gasteiger partial charge in [0.15, 0.2) is 0 Å². The van der Waals surface area contributed by atoms with Crippen LogP contribution in [0.2, 0.25) is 0 Å². The molecule has 0 unspecified atom stereocenters. The lowest BCUT2D eigenvalue weighted by Crippen LogP contribution is -1.89. The van der Waals surface area contributed by atoms with Gasteiger partial charge in [-0.1, -0.05) is 43.0 Å². The molecule has 1 aliphatic carbocycles. The molecule has 1 heteroatoms. The van der Waals surface area contributed by atoms with Gasteiger partial charge in [0, 0.05) is 18.8 Å². The van der Waals surface area contributed by atoms with Gasteiger partial charge in [-0.3, -0.25) is 0 Å². The second kappa shape index (κ2) is 4.63. The van der Waals surface area contributed by atoms with Crippen molar-refractivity contribution in [2.45, 2.75) is 12.3 Å². The van der Waals surface area contributed by atoms with E-state index in [9.17, 15) is 0 Å². The first-order chi connectivity index (χ1) is 10.2. The van der Waals surface area contributed by atoms with Crippen LogP contribution in [0, 0.1) is 5.92 Å². The van der Waals surface area contributed by atoms with Gasteiger partial charge in [-0.25, -0.2) is 0 Å². The summed E-state index contributed by atoms with van der Waals surface area (Å²) in [7, 11) is 2.10. The van der Waals surface area contributed by atoms with Gasteiger partial charge in [0.05, 0.1) is 0 Å². The summed E-state index contributed by atoms with van der Waals surface area (Å²) in [5.74, 6) is 1.25. The van der Waals surface area contributed by atoms with Crippen LogP contribution in [0.4, 0.5) is 0 Å². The highest BCUT2D eigenvalue weighted by Gasteiger charge is 2.40. The molecule has 0 amide bonds. The monoisotopic (exact) mass is 273 g/mol. The van der Waals surface area contributed by atoms with Gasteiger partial charge in [0.2, 0.25) is 0 Å². The summed E-state index contributed by atoms with van der Waals surface area (Å²) in [6.07, 6.45) is 3.35. The molecule has 0 N–H and O–H groups in total. The molecule has 1 heterocycles. The summed E-state index contributed by atoms with van der Waals surface area (Å²) in [6, 6.07) is 19.6. The van der Waals surface area contributed by atoms with Crippen molar-refractivity contribution in [2.75, 3.05) is 0 Å². The van der Waals surface area contributed by atoms with Crippen LogP contribution >= 0.6 is 0 Å². The molecule has 0 aliphatic heterocycles. The van der Waals surface area contributed by atoms with Crippen molar-refractivity contribution >= 4 is 16.5 Å². The molecule has 2 aromatic carbocycles. The fourth-order valence-electron chi connectivity index (χ4n) is 3.35. The van der Waals surface area contributed by atoms with Crippen molar-refractivity contribution in [1.82, 2.24) is 4.57 Å². The molecule has 4 rings (SSSR count). The average Bonchev–Trinajstić information content (AvgIpc) is 3.25. The number of fused-ring (bicyclic) bond motifs is 1. The fourth-order valence-corrected chi connectivity index (χ4v) is 3.35. The minimum Gasteiger partial charge on any atom is -0.351 e. The van der Waals surface area contributed by atoms with Crippen molar-refractivity contribution in [3.63, 3.8) is 0 Å². The maximum absolute atomic E-state index is 4.33. The number of nitrogens with zero attached hydrogens (tertiary/aromatic N) is 1. The van der Waals surface area contributed by atoms with Crippen molar-refractivity contribution in [1.29, 1.82) is 0 Å². The molecule has 0 spiro atoms. The Hall–Kier alpha value is -2.28. The molecular formula is C20H19N. The maximum atomic E-state index is 4.33. The molecule has 21 heavy (non-hydrogen) atoms. The number of aryl methyl sites for hydroxylation is 1. The molecule has 1 nitrogen and oxygen atoms in total. The summed E-state index contributed by atoms with van der Waals surface area (Å²) in [5.41, 5.74) is 5.33. The summed E-state index contributed by atoms with van der Waals surface area (Å²) in [6.45, 7) is 4.33. The third kappa shape index (κ3) is 2.09. The molecule has 2 atom stereocenters. The molecule has 104 valence electrons. The maximum Gasteiger partial charge on any atom is 0.0477 e. The molecule has 0 saturated heterocycles. The zero-order chi connectivity index (χ0) is 14.4. The predicted molar refractivity (Wildman–Crippen MR) is 89.2 cm³/mol. The molecule has 0 radical (unpaired) electrons. The molecule has 3 aromatic rings. The first-order valence-electron chi connectivity index (χ1n) is 7.53. The van der Waals surface area contributed by atoms with Crippen LogP contribution in [0.25, 0.3) is 16.5 Å². The van der Waals surface area contributed by atoms with Crippen LogP contribution < -0.4 is 0 Å². The van der Waals surface area contributed by atoms with Gasteiger partial charge in [-0.2, -0.15) is 0 Å². The van der Waals surface area contributed by atoms with Crippen molar-refractivity contribution in [3.05, 3.63) is 78.5 Å². The second-order valence-electron chi connectivity index (χ2n) is 6.08. The van der Waals surface area contributed by atoms with Crippen molar-refractivity contribution < 1.29 is 0 Å². The quantitative estimate of drug-likeness (QED) is 0.633. The Morgan fingerprint density at radius 3 is 2.71 bits per heavy atom. The number of hydrogen-bond donors (Lipinski definition) is 0. The van der Waals surface area contributed by atoms with Gasteiger partial charge in [0.25, 0.3) is 0 Å². The Bertz CT molecular complexity index is 810. The van der Waals surface area contributed by atoms with Gasteiger partial charge < -0.3 is 4.57 Å². The zero-order valence-corrected chi connectivity index (χ0v) is 12.3. The highest BCUT2D eigenvalue weighted by Crippen LogP contribution is 2.54. The fraction of sp³-hybridized carbons (Fsp3) is 0.200. The van der Waals surface area contributed by atoms with Gasteiger partial charge >= 0.3 is 0 Å². The molecule has 1 saturated carbocycles. The van der Waals surface area contributed by atoms with E-state index in [4.69, 9.17) is 0 Å². The summed E-state index contributed by atoms with van der Waals surface area (Å²) < 4.78 is 2.17. The molecule has 1 aromatic heterocycles. The SMILES string of the molecule is C=C(c1ccccc1)[C@H]1C[C@@H]1c1ccc2c(ccn2C)c1. The largest absolute Gasteiger partial charge is 0.351 e. The average molecular weight is 273 g/mol. The second-order valence-corrected chi connectivity index (χ2v) is 6.08. The van der Waals surface area contributed by atoms with E-state index in [0.29, 0.717) is 11.8 Å². The van der Waals surface area contributed by atoms with Crippen LogP contribution in [0.1, 0.15) is 23.5 Å². The predicted octanol–water partition coefficient (Wildman–Crippen LogP) is 5.00. The topological polar surface area (TPSA) is 4.93 Å². The van der Waals surface area contributed by atoms with E-state index in [1.54, 1.807) is 0 Å². The molecular weight excluding hydrogens is 254 g/mol. The Kier molecular flexibility index (Phi) is 2.75. The van der Waals surface area contributed by atoms with Gasteiger partial charge in [0.1, 0.15) is 0 Å². The summed E-state index contributed by atoms with van der Waals surface area (Å²) >= 11 is 0. The number of rotatable bonds is 3. The first-order valence-corrected chi connectivity index (χ1v) is 7.53. The van der Waals surface area contributed by atoms with Crippen molar-refractivity contribution in [3.8, 4) is 0 Å². The van der Waals surface area contributed by atoms with E-state index in [0.717, 1.165) is 0 Å². The van der Waals surface area contributed by atoms with Crippen LogP contribution in [-0.2, 0) is 7.05 Å². The van der Waals surface area contributed by atoms with Gasteiger partial charge in [-0.05, 0) is 58.5 Å². The summed E-state index contributed by atoms with van der Waals surface area (Å²) in [5, 5.41) is 1.34. The molecule has 1 aliphatic rings.